The largest absolute Gasteiger partial charge is 0.445 e. The molecular formula is C20H23FN2O2S. The van der Waals surface area contributed by atoms with E-state index < -0.39 is 11.8 Å². The number of para-hydroxylation sites is 1. The number of aromatic nitrogens is 1. The van der Waals surface area contributed by atoms with Gasteiger partial charge in [-0.1, -0.05) is 18.2 Å². The maximum atomic E-state index is 15.8. The molecule has 2 aromatic rings. The molecule has 1 fully saturated rings. The van der Waals surface area contributed by atoms with Gasteiger partial charge in [-0.15, -0.1) is 0 Å². The van der Waals surface area contributed by atoms with Gasteiger partial charge in [0.2, 0.25) is 0 Å². The van der Waals surface area contributed by atoms with Gasteiger partial charge in [-0.05, 0) is 69.6 Å². The second-order valence-corrected chi connectivity index (χ2v) is 6.96. The van der Waals surface area contributed by atoms with Gasteiger partial charge in [-0.2, -0.15) is 0 Å². The van der Waals surface area contributed by atoms with Crippen LogP contribution in [0.5, 0.6) is 5.75 Å². The highest BCUT2D eigenvalue weighted by Gasteiger charge is 2.44. The fourth-order valence-electron chi connectivity index (χ4n) is 3.30. The number of pyridine rings is 1. The Balaban J connectivity index is 1.86. The molecule has 1 aliphatic rings. The first kappa shape index (κ1) is 18.7. The summed E-state index contributed by atoms with van der Waals surface area (Å²) in [5.74, 6) is 0.566. The zero-order chi connectivity index (χ0) is 18.6. The van der Waals surface area contributed by atoms with Gasteiger partial charge in [-0.3, -0.25) is 4.98 Å². The van der Waals surface area contributed by atoms with Gasteiger partial charge in [0.15, 0.2) is 11.8 Å². The van der Waals surface area contributed by atoms with E-state index in [0.717, 1.165) is 17.0 Å². The van der Waals surface area contributed by atoms with E-state index >= 15 is 4.39 Å². The first-order chi connectivity index (χ1) is 12.5. The van der Waals surface area contributed by atoms with Crippen molar-refractivity contribution in [3.8, 4) is 5.75 Å². The highest BCUT2D eigenvalue weighted by Crippen LogP contribution is 2.40. The zero-order valence-corrected chi connectivity index (χ0v) is 15.8. The average Bonchev–Trinajstić information content (AvgIpc) is 2.60. The third-order valence-electron chi connectivity index (χ3n) is 4.47. The maximum Gasteiger partial charge on any atom is 0.358 e. The summed E-state index contributed by atoms with van der Waals surface area (Å²) in [7, 11) is 0. The number of nitrogens with zero attached hydrogens (tertiary/aromatic N) is 1. The number of nitrogens with one attached hydrogen (secondary N) is 1. The van der Waals surface area contributed by atoms with E-state index in [0.29, 0.717) is 31.7 Å². The van der Waals surface area contributed by atoms with Gasteiger partial charge in [0, 0.05) is 23.6 Å². The lowest BCUT2D eigenvalue weighted by molar-refractivity contribution is -0.0304. The Kier molecular flexibility index (Phi) is 5.84. The monoisotopic (exact) mass is 374 g/mol. The van der Waals surface area contributed by atoms with E-state index in [1.54, 1.807) is 12.1 Å². The summed E-state index contributed by atoms with van der Waals surface area (Å²) in [5, 5.41) is 3.11. The lowest BCUT2D eigenvalue weighted by Gasteiger charge is -2.37. The molecule has 1 aromatic heterocycles. The minimum atomic E-state index is -1.52. The number of piperidine rings is 1. The predicted octanol–water partition coefficient (Wildman–Crippen LogP) is 4.21. The molecular weight excluding hydrogens is 351 g/mol. The van der Waals surface area contributed by atoms with Crippen molar-refractivity contribution in [3.63, 3.8) is 0 Å². The number of hydrogen-bond acceptors (Lipinski definition) is 5. The summed E-state index contributed by atoms with van der Waals surface area (Å²) in [6.07, 6.45) is -0.126. The van der Waals surface area contributed by atoms with Crippen LogP contribution in [0.15, 0.2) is 42.5 Å². The number of ether oxygens (including phenoxy) is 2. The van der Waals surface area contributed by atoms with Gasteiger partial charge in [0.05, 0.1) is 0 Å². The molecule has 26 heavy (non-hydrogen) atoms. The van der Waals surface area contributed by atoms with Gasteiger partial charge in [0.1, 0.15) is 5.75 Å². The summed E-state index contributed by atoms with van der Waals surface area (Å²) in [5.41, 5.74) is 0.857. The quantitative estimate of drug-likeness (QED) is 0.812. The molecule has 6 heteroatoms. The Morgan fingerprint density at radius 2 is 1.77 bits per heavy atom. The molecule has 1 aliphatic heterocycles. The molecule has 1 aromatic carbocycles. The number of aryl methyl sites for hydroxylation is 2. The minimum absolute atomic E-state index is 0.0797. The van der Waals surface area contributed by atoms with Crippen LogP contribution in [0.4, 0.5) is 4.39 Å². The molecule has 3 rings (SSSR count). The van der Waals surface area contributed by atoms with Crippen LogP contribution in [0.25, 0.3) is 0 Å². The van der Waals surface area contributed by atoms with Crippen molar-refractivity contribution in [2.75, 3.05) is 13.1 Å². The van der Waals surface area contributed by atoms with Crippen LogP contribution in [0, 0.1) is 13.8 Å². The van der Waals surface area contributed by atoms with Crippen molar-refractivity contribution in [2.24, 2.45) is 0 Å². The van der Waals surface area contributed by atoms with Crippen molar-refractivity contribution in [1.29, 1.82) is 0 Å². The summed E-state index contributed by atoms with van der Waals surface area (Å²) >= 11 is 5.25. The number of benzene rings is 1. The van der Waals surface area contributed by atoms with Gasteiger partial charge in [0.25, 0.3) is 0 Å². The average molecular weight is 374 g/mol. The van der Waals surface area contributed by atoms with Crippen LogP contribution in [0.1, 0.15) is 35.9 Å². The lowest BCUT2D eigenvalue weighted by Crippen LogP contribution is -2.44. The van der Waals surface area contributed by atoms with Crippen molar-refractivity contribution in [3.05, 3.63) is 59.4 Å². The van der Waals surface area contributed by atoms with Crippen molar-refractivity contribution in [2.45, 2.75) is 38.5 Å². The Hall–Kier alpha value is -2.05. The third kappa shape index (κ3) is 4.56. The number of halogens is 1. The molecule has 138 valence electrons. The van der Waals surface area contributed by atoms with E-state index in [-0.39, 0.29) is 5.24 Å². The molecule has 1 N–H and O–H groups in total. The molecule has 2 heterocycles. The summed E-state index contributed by atoms with van der Waals surface area (Å²) in [6, 6.07) is 12.8. The number of alkyl halides is 1. The van der Waals surface area contributed by atoms with Gasteiger partial charge in [-0.25, -0.2) is 4.39 Å². The lowest BCUT2D eigenvalue weighted by atomic mass is 9.84. The fourth-order valence-corrected chi connectivity index (χ4v) is 3.49. The molecule has 0 spiro atoms. The SMILES string of the molecule is Cc1cc(C(OC(=S)Oc2ccccc2)C2(F)CCNCC2)cc(C)n1. The van der Waals surface area contributed by atoms with E-state index in [4.69, 9.17) is 21.7 Å². The molecule has 1 atom stereocenters. The Bertz CT molecular complexity index is 743. The van der Waals surface area contributed by atoms with Crippen LogP contribution in [-0.4, -0.2) is 29.0 Å². The molecule has 0 saturated carbocycles. The second-order valence-electron chi connectivity index (χ2n) is 6.63. The first-order valence-electron chi connectivity index (χ1n) is 8.75. The summed E-state index contributed by atoms with van der Waals surface area (Å²) in [4.78, 5) is 4.38. The second kappa shape index (κ2) is 8.10. The van der Waals surface area contributed by atoms with Crippen LogP contribution < -0.4 is 10.1 Å². The van der Waals surface area contributed by atoms with Gasteiger partial charge < -0.3 is 14.8 Å². The van der Waals surface area contributed by atoms with E-state index in [9.17, 15) is 0 Å². The Morgan fingerprint density at radius 1 is 1.15 bits per heavy atom. The Morgan fingerprint density at radius 3 is 2.38 bits per heavy atom. The van der Waals surface area contributed by atoms with Crippen LogP contribution in [0.2, 0.25) is 0 Å². The molecule has 4 nitrogen and oxygen atoms in total. The highest BCUT2D eigenvalue weighted by atomic mass is 32.1. The highest BCUT2D eigenvalue weighted by molar-refractivity contribution is 7.79. The summed E-state index contributed by atoms with van der Waals surface area (Å²) < 4.78 is 27.2. The maximum absolute atomic E-state index is 15.8. The van der Waals surface area contributed by atoms with E-state index in [1.807, 2.05) is 44.2 Å². The molecule has 0 bridgehead atoms. The first-order valence-corrected chi connectivity index (χ1v) is 9.15. The van der Waals surface area contributed by atoms with Crippen LogP contribution >= 0.6 is 12.2 Å². The molecule has 0 radical (unpaired) electrons. The molecule has 0 amide bonds. The van der Waals surface area contributed by atoms with E-state index in [1.165, 1.54) is 0 Å². The standard InChI is InChI=1S/C20H23FN2O2S/c1-14-12-16(13-15(2)23-14)18(20(21)8-10-22-11-9-20)25-19(26)24-17-6-4-3-5-7-17/h3-7,12-13,18,22H,8-11H2,1-2H3. The van der Waals surface area contributed by atoms with Crippen LogP contribution in [-0.2, 0) is 4.74 Å². The van der Waals surface area contributed by atoms with Crippen LogP contribution in [0.3, 0.4) is 0 Å². The molecule has 1 saturated heterocycles. The number of hydrogen-bond donors (Lipinski definition) is 1. The smallest absolute Gasteiger partial charge is 0.358 e. The normalized spacial score (nSPS) is 17.3. The number of thiocarbonyl (C=S) groups is 1. The Labute approximate surface area is 158 Å². The molecule has 1 unspecified atom stereocenters. The van der Waals surface area contributed by atoms with Gasteiger partial charge >= 0.3 is 5.24 Å². The topological polar surface area (TPSA) is 43.4 Å². The number of rotatable bonds is 4. The van der Waals surface area contributed by atoms with E-state index in [2.05, 4.69) is 10.3 Å². The van der Waals surface area contributed by atoms with Crippen molar-refractivity contribution < 1.29 is 13.9 Å². The summed E-state index contributed by atoms with van der Waals surface area (Å²) in [6.45, 7) is 4.98. The minimum Gasteiger partial charge on any atom is -0.445 e. The predicted molar refractivity (Wildman–Crippen MR) is 103 cm³/mol. The zero-order valence-electron chi connectivity index (χ0n) is 15.0. The van der Waals surface area contributed by atoms with Crippen molar-refractivity contribution in [1.82, 2.24) is 10.3 Å². The third-order valence-corrected chi connectivity index (χ3v) is 4.65. The fraction of sp³-hybridized carbons (Fsp3) is 0.400. The van der Waals surface area contributed by atoms with Crippen molar-refractivity contribution >= 4 is 17.5 Å². The molecule has 0 aliphatic carbocycles.